The number of quaternary nitrogens is 1. The van der Waals surface area contributed by atoms with E-state index in [9.17, 15) is 4.79 Å². The first kappa shape index (κ1) is 19.8. The van der Waals surface area contributed by atoms with Gasteiger partial charge in [0.2, 0.25) is 0 Å². The Balaban J connectivity index is 1.39. The average Bonchev–Trinajstić information content (AvgIpc) is 3.47. The Hall–Kier alpha value is -2.54. The number of hydrogen-bond donors (Lipinski definition) is 2. The normalized spacial score (nSPS) is 22.4. The zero-order valence-corrected chi connectivity index (χ0v) is 17.0. The molecule has 0 spiro atoms. The number of nitrogens with zero attached hydrogens (tertiary/aromatic N) is 1. The number of piperidine rings is 1. The van der Waals surface area contributed by atoms with Crippen LogP contribution >= 0.6 is 0 Å². The summed E-state index contributed by atoms with van der Waals surface area (Å²) >= 11 is 0. The number of amides is 1. The Morgan fingerprint density at radius 3 is 2.69 bits per heavy atom. The zero-order chi connectivity index (χ0) is 20.1. The summed E-state index contributed by atoms with van der Waals surface area (Å²) < 4.78 is 16.4. The molecule has 1 aliphatic carbocycles. The minimum Gasteiger partial charge on any atom is -0.497 e. The molecule has 0 unspecified atom stereocenters. The molecule has 2 N–H and O–H groups in total. The lowest BCUT2D eigenvalue weighted by atomic mass is 10.0. The summed E-state index contributed by atoms with van der Waals surface area (Å²) in [5.41, 5.74) is 1.16. The number of benzene rings is 1. The van der Waals surface area contributed by atoms with Crippen LogP contribution in [0.3, 0.4) is 0 Å². The topological polar surface area (TPSA) is 78.0 Å². The first-order valence-electron chi connectivity index (χ1n) is 10.6. The standard InChI is InChI=1S/C22H29N3O4/c1-27-19-6-7-21(20(14-19)22(26)23-15-16-10-13-28-24-16)29-18-8-11-25(12-9-18)17-4-2-3-5-17/h6-7,10,13-14,17-18H,2-5,8-9,11-12,15H2,1H3,(H,23,26)/p+1. The fourth-order valence-electron chi connectivity index (χ4n) is 4.51. The fraction of sp³-hybridized carbons (Fsp3) is 0.545. The van der Waals surface area contributed by atoms with Crippen LogP contribution in [0.2, 0.25) is 0 Å². The first-order valence-corrected chi connectivity index (χ1v) is 10.6. The van der Waals surface area contributed by atoms with Crippen molar-refractivity contribution in [2.45, 2.75) is 57.2 Å². The number of methoxy groups -OCH3 is 1. The van der Waals surface area contributed by atoms with Gasteiger partial charge in [0, 0.05) is 18.9 Å². The van der Waals surface area contributed by atoms with Crippen LogP contribution in [-0.2, 0) is 6.54 Å². The lowest BCUT2D eigenvalue weighted by molar-refractivity contribution is -0.930. The molecule has 4 rings (SSSR count). The summed E-state index contributed by atoms with van der Waals surface area (Å²) in [6.45, 7) is 2.60. The molecule has 2 aromatic rings. The number of likely N-dealkylation sites (tertiary alicyclic amines) is 1. The largest absolute Gasteiger partial charge is 0.497 e. The predicted octanol–water partition coefficient (Wildman–Crippen LogP) is 1.98. The van der Waals surface area contributed by atoms with Crippen molar-refractivity contribution in [1.82, 2.24) is 10.5 Å². The maximum absolute atomic E-state index is 12.8. The summed E-state index contributed by atoms with van der Waals surface area (Å²) in [5, 5.41) is 6.70. The van der Waals surface area contributed by atoms with E-state index < -0.39 is 0 Å². The second-order valence-electron chi connectivity index (χ2n) is 7.99. The van der Waals surface area contributed by atoms with Gasteiger partial charge in [-0.3, -0.25) is 4.79 Å². The van der Waals surface area contributed by atoms with Crippen LogP contribution in [0, 0.1) is 0 Å². The Labute approximate surface area is 171 Å². The van der Waals surface area contributed by atoms with Crippen molar-refractivity contribution in [3.05, 3.63) is 41.8 Å². The molecule has 1 aromatic carbocycles. The minimum absolute atomic E-state index is 0.149. The van der Waals surface area contributed by atoms with Crippen LogP contribution < -0.4 is 19.7 Å². The number of hydrogen-bond acceptors (Lipinski definition) is 5. The fourth-order valence-corrected chi connectivity index (χ4v) is 4.51. The molecule has 156 valence electrons. The van der Waals surface area contributed by atoms with Crippen LogP contribution in [0.25, 0.3) is 0 Å². The molecular weight excluding hydrogens is 370 g/mol. The highest BCUT2D eigenvalue weighted by molar-refractivity contribution is 5.97. The molecule has 29 heavy (non-hydrogen) atoms. The van der Waals surface area contributed by atoms with Gasteiger partial charge in [-0.25, -0.2) is 0 Å². The number of carbonyl (C=O) groups is 1. The van der Waals surface area contributed by atoms with Crippen LogP contribution in [0.1, 0.15) is 54.6 Å². The third-order valence-electron chi connectivity index (χ3n) is 6.15. The SMILES string of the molecule is COc1ccc(OC2CC[NH+](C3CCCC3)CC2)c(C(=O)NCc2ccon2)c1. The Kier molecular flexibility index (Phi) is 6.34. The zero-order valence-electron chi connectivity index (χ0n) is 17.0. The van der Waals surface area contributed by atoms with E-state index in [4.69, 9.17) is 14.0 Å². The predicted molar refractivity (Wildman–Crippen MR) is 107 cm³/mol. The second-order valence-corrected chi connectivity index (χ2v) is 7.99. The van der Waals surface area contributed by atoms with E-state index in [0.717, 1.165) is 32.0 Å². The van der Waals surface area contributed by atoms with Crippen molar-refractivity contribution in [2.24, 2.45) is 0 Å². The third-order valence-corrected chi connectivity index (χ3v) is 6.15. The molecule has 7 heteroatoms. The summed E-state index contributed by atoms with van der Waals surface area (Å²) in [6, 6.07) is 7.97. The average molecular weight is 400 g/mol. The van der Waals surface area contributed by atoms with Crippen LogP contribution in [0.15, 0.2) is 35.1 Å². The third kappa shape index (κ3) is 4.90. The van der Waals surface area contributed by atoms with Gasteiger partial charge < -0.3 is 24.2 Å². The van der Waals surface area contributed by atoms with Crippen LogP contribution in [-0.4, -0.2) is 43.4 Å². The first-order chi connectivity index (χ1) is 14.2. The van der Waals surface area contributed by atoms with Crippen molar-refractivity contribution in [3.63, 3.8) is 0 Å². The van der Waals surface area contributed by atoms with Gasteiger partial charge in [0.15, 0.2) is 0 Å². The molecule has 1 saturated heterocycles. The molecule has 1 aliphatic heterocycles. The highest BCUT2D eigenvalue weighted by Crippen LogP contribution is 2.27. The van der Waals surface area contributed by atoms with E-state index in [1.54, 1.807) is 24.1 Å². The van der Waals surface area contributed by atoms with Crippen molar-refractivity contribution in [2.75, 3.05) is 20.2 Å². The molecule has 1 saturated carbocycles. The molecule has 1 aromatic heterocycles. The number of nitrogens with one attached hydrogen (secondary N) is 2. The molecule has 0 radical (unpaired) electrons. The highest BCUT2D eigenvalue weighted by Gasteiger charge is 2.31. The van der Waals surface area contributed by atoms with Crippen molar-refractivity contribution < 1.29 is 23.7 Å². The minimum atomic E-state index is -0.212. The summed E-state index contributed by atoms with van der Waals surface area (Å²) in [7, 11) is 1.59. The van der Waals surface area contributed by atoms with Gasteiger partial charge in [-0.1, -0.05) is 5.16 Å². The van der Waals surface area contributed by atoms with Gasteiger partial charge in [-0.2, -0.15) is 0 Å². The lowest BCUT2D eigenvalue weighted by Gasteiger charge is -2.33. The number of aromatic nitrogens is 1. The summed E-state index contributed by atoms with van der Waals surface area (Å²) in [6.07, 6.45) is 9.19. The van der Waals surface area contributed by atoms with Crippen LogP contribution in [0.5, 0.6) is 11.5 Å². The van der Waals surface area contributed by atoms with E-state index >= 15 is 0 Å². The van der Waals surface area contributed by atoms with E-state index in [1.165, 1.54) is 31.9 Å². The molecule has 2 aliphatic rings. The summed E-state index contributed by atoms with van der Waals surface area (Å²) in [4.78, 5) is 14.5. The Morgan fingerprint density at radius 1 is 1.21 bits per heavy atom. The smallest absolute Gasteiger partial charge is 0.255 e. The van der Waals surface area contributed by atoms with Crippen LogP contribution in [0.4, 0.5) is 0 Å². The quantitative estimate of drug-likeness (QED) is 0.743. The van der Waals surface area contributed by atoms with Crippen molar-refractivity contribution in [1.29, 1.82) is 0 Å². The van der Waals surface area contributed by atoms with Crippen molar-refractivity contribution >= 4 is 5.91 Å². The Morgan fingerprint density at radius 2 is 2.00 bits per heavy atom. The maximum Gasteiger partial charge on any atom is 0.255 e. The lowest BCUT2D eigenvalue weighted by Crippen LogP contribution is -3.16. The highest BCUT2D eigenvalue weighted by atomic mass is 16.5. The Bertz CT molecular complexity index is 794. The van der Waals surface area contributed by atoms with E-state index in [-0.39, 0.29) is 12.0 Å². The van der Waals surface area contributed by atoms with Gasteiger partial charge in [-0.15, -0.1) is 0 Å². The van der Waals surface area contributed by atoms with E-state index in [0.29, 0.717) is 29.3 Å². The number of carbonyl (C=O) groups excluding carboxylic acids is 1. The molecule has 2 fully saturated rings. The monoisotopic (exact) mass is 400 g/mol. The molecular formula is C22H30N3O4+. The van der Waals surface area contributed by atoms with E-state index in [1.807, 2.05) is 12.1 Å². The molecule has 0 bridgehead atoms. The number of ether oxygens (including phenoxy) is 2. The molecule has 0 atom stereocenters. The van der Waals surface area contributed by atoms with Gasteiger partial charge >= 0.3 is 0 Å². The van der Waals surface area contributed by atoms with E-state index in [2.05, 4.69) is 10.5 Å². The van der Waals surface area contributed by atoms with Gasteiger partial charge in [0.25, 0.3) is 5.91 Å². The molecule has 1 amide bonds. The van der Waals surface area contributed by atoms with Gasteiger partial charge in [0.05, 0.1) is 38.3 Å². The second kappa shape index (κ2) is 9.31. The van der Waals surface area contributed by atoms with Gasteiger partial charge in [-0.05, 0) is 43.9 Å². The molecule has 7 nitrogen and oxygen atoms in total. The maximum atomic E-state index is 12.8. The molecule has 2 heterocycles. The van der Waals surface area contributed by atoms with Gasteiger partial charge in [0.1, 0.15) is 29.6 Å². The van der Waals surface area contributed by atoms with Crippen molar-refractivity contribution in [3.8, 4) is 11.5 Å². The number of rotatable bonds is 7. The summed E-state index contributed by atoms with van der Waals surface area (Å²) in [5.74, 6) is 1.03.